The Morgan fingerprint density at radius 3 is 2.60 bits per heavy atom. The normalized spacial score (nSPS) is 14.3. The Balaban J connectivity index is 1.70. The molecule has 0 saturated heterocycles. The maximum atomic E-state index is 8.87. The van der Waals surface area contributed by atoms with Crippen LogP contribution in [0, 0.1) is 12.3 Å². The number of nitrogens with zero attached hydrogens (tertiary/aromatic N) is 2. The molecule has 0 radical (unpaired) electrons. The second-order valence-corrected chi connectivity index (χ2v) is 8.43. The summed E-state index contributed by atoms with van der Waals surface area (Å²) in [5, 5.41) is 12.4. The van der Waals surface area contributed by atoms with Gasteiger partial charge in [0.1, 0.15) is 0 Å². The third kappa shape index (κ3) is 4.62. The minimum absolute atomic E-state index is 0.417. The molecule has 3 aromatic rings. The number of hydrogen-bond donors (Lipinski definition) is 2. The van der Waals surface area contributed by atoms with E-state index < -0.39 is 0 Å². The molecule has 0 unspecified atom stereocenters. The van der Waals surface area contributed by atoms with Crippen molar-refractivity contribution in [2.75, 3.05) is 6.26 Å². The summed E-state index contributed by atoms with van der Waals surface area (Å²) in [6.45, 7) is 1.95. The molecule has 4 nitrogen and oxygen atoms in total. The topological polar surface area (TPSA) is 61.7 Å². The summed E-state index contributed by atoms with van der Waals surface area (Å²) in [7, 11) is 0. The van der Waals surface area contributed by atoms with Gasteiger partial charge < -0.3 is 5.32 Å². The van der Waals surface area contributed by atoms with Crippen molar-refractivity contribution in [2.45, 2.75) is 37.1 Å². The molecule has 0 bridgehead atoms. The van der Waals surface area contributed by atoms with E-state index in [1.54, 1.807) is 11.8 Å². The van der Waals surface area contributed by atoms with Crippen molar-refractivity contribution in [3.63, 3.8) is 0 Å². The molecular formula is C25H26N4S. The van der Waals surface area contributed by atoms with Crippen LogP contribution in [0.2, 0.25) is 0 Å². The number of nitrogens with one attached hydrogen (secondary N) is 2. The molecule has 1 fully saturated rings. The number of hydrogen-bond acceptors (Lipinski definition) is 5. The third-order valence-electron chi connectivity index (χ3n) is 5.44. The molecule has 0 atom stereocenters. The molecule has 1 aliphatic rings. The lowest BCUT2D eigenvalue weighted by Crippen LogP contribution is -2.31. The van der Waals surface area contributed by atoms with Gasteiger partial charge in [-0.1, -0.05) is 18.2 Å². The van der Waals surface area contributed by atoms with Crippen LogP contribution in [0.4, 0.5) is 0 Å². The van der Waals surface area contributed by atoms with E-state index in [9.17, 15) is 0 Å². The maximum absolute atomic E-state index is 8.87. The highest BCUT2D eigenvalue weighted by atomic mass is 32.2. The maximum Gasteiger partial charge on any atom is 0.0889 e. The van der Waals surface area contributed by atoms with Crippen molar-refractivity contribution in [2.24, 2.45) is 0 Å². The van der Waals surface area contributed by atoms with Gasteiger partial charge in [0.25, 0.3) is 0 Å². The van der Waals surface area contributed by atoms with Gasteiger partial charge in [0.05, 0.1) is 17.1 Å². The molecular weight excluding hydrogens is 388 g/mol. The zero-order chi connectivity index (χ0) is 20.9. The predicted octanol–water partition coefficient (Wildman–Crippen LogP) is 5.72. The van der Waals surface area contributed by atoms with Gasteiger partial charge in [0, 0.05) is 40.2 Å². The van der Waals surface area contributed by atoms with Gasteiger partial charge in [-0.25, -0.2) is 0 Å². The lowest BCUT2D eigenvalue weighted by molar-refractivity contribution is 0.373. The highest BCUT2D eigenvalue weighted by Crippen LogP contribution is 2.26. The monoisotopic (exact) mass is 414 g/mol. The fourth-order valence-electron chi connectivity index (χ4n) is 3.41. The van der Waals surface area contributed by atoms with Gasteiger partial charge in [0.15, 0.2) is 0 Å². The highest BCUT2D eigenvalue weighted by Gasteiger charge is 2.18. The van der Waals surface area contributed by atoms with Crippen molar-refractivity contribution in [3.05, 3.63) is 83.9 Å². The molecule has 1 aliphatic carbocycles. The fourth-order valence-corrected chi connectivity index (χ4v) is 3.82. The van der Waals surface area contributed by atoms with Crippen LogP contribution in [0.15, 0.2) is 71.9 Å². The molecule has 2 N–H and O–H groups in total. The summed E-state index contributed by atoms with van der Waals surface area (Å²) in [5.74, 6) is 0. The minimum atomic E-state index is 0.417. The molecule has 2 aromatic heterocycles. The Morgan fingerprint density at radius 2 is 1.93 bits per heavy atom. The molecule has 30 heavy (non-hydrogen) atoms. The Labute approximate surface area is 182 Å². The number of benzene rings is 1. The van der Waals surface area contributed by atoms with E-state index in [1.165, 1.54) is 24.2 Å². The molecule has 0 amide bonds. The molecule has 2 heterocycles. The Bertz CT molecular complexity index is 1070. The van der Waals surface area contributed by atoms with Crippen LogP contribution >= 0.6 is 11.8 Å². The summed E-state index contributed by atoms with van der Waals surface area (Å²) in [6.07, 6.45) is 9.52. The van der Waals surface area contributed by atoms with Crippen LogP contribution in [0.1, 0.15) is 36.2 Å². The molecule has 5 heteroatoms. The van der Waals surface area contributed by atoms with Gasteiger partial charge in [-0.15, -0.1) is 11.8 Å². The highest BCUT2D eigenvalue weighted by molar-refractivity contribution is 7.98. The second kappa shape index (κ2) is 9.26. The number of allylic oxidation sites excluding steroid dienone is 1. The molecule has 0 spiro atoms. The number of thioether (sulfide) groups is 1. The average molecular weight is 415 g/mol. The van der Waals surface area contributed by atoms with Gasteiger partial charge in [-0.2, -0.15) is 0 Å². The van der Waals surface area contributed by atoms with Crippen LogP contribution in [0.3, 0.4) is 0 Å². The van der Waals surface area contributed by atoms with E-state index in [0.717, 1.165) is 28.1 Å². The summed E-state index contributed by atoms with van der Waals surface area (Å²) >= 11 is 1.73. The standard InChI is InChI=1S/C25H26N4S/c1-17-5-3-8-23(29-17)25(26)22(16-28-20-6-4-7-20)19-13-14-27-24(15-19)18-9-11-21(30-2)12-10-18/h3,5,8-16,20,26,28H,4,6-7H2,1-2H3/b22-16-,26-25?. The number of pyridine rings is 2. The predicted molar refractivity (Wildman–Crippen MR) is 126 cm³/mol. The zero-order valence-electron chi connectivity index (χ0n) is 17.4. The van der Waals surface area contributed by atoms with E-state index in [-0.39, 0.29) is 0 Å². The van der Waals surface area contributed by atoms with E-state index in [4.69, 9.17) is 5.41 Å². The molecule has 1 aromatic carbocycles. The number of aryl methyl sites for hydroxylation is 1. The smallest absolute Gasteiger partial charge is 0.0889 e. The minimum Gasteiger partial charge on any atom is -0.388 e. The second-order valence-electron chi connectivity index (χ2n) is 7.55. The van der Waals surface area contributed by atoms with Crippen LogP contribution in [-0.2, 0) is 0 Å². The summed E-state index contributed by atoms with van der Waals surface area (Å²) in [6, 6.07) is 18.8. The average Bonchev–Trinajstić information content (AvgIpc) is 2.75. The van der Waals surface area contributed by atoms with Crippen molar-refractivity contribution < 1.29 is 0 Å². The Hall–Kier alpha value is -2.92. The van der Waals surface area contributed by atoms with Crippen molar-refractivity contribution in [1.29, 1.82) is 5.41 Å². The third-order valence-corrected chi connectivity index (χ3v) is 6.18. The van der Waals surface area contributed by atoms with E-state index in [0.29, 0.717) is 17.4 Å². The van der Waals surface area contributed by atoms with Gasteiger partial charge in [0.2, 0.25) is 0 Å². The number of rotatable bonds is 7. The largest absolute Gasteiger partial charge is 0.388 e. The SMILES string of the molecule is CSc1ccc(-c2cc(/C(=C/NC3CCC3)C(=N)c3cccc(C)n3)ccn2)cc1. The van der Waals surface area contributed by atoms with Crippen molar-refractivity contribution in [3.8, 4) is 11.3 Å². The van der Waals surface area contributed by atoms with Gasteiger partial charge in [-0.3, -0.25) is 15.4 Å². The quantitative estimate of drug-likeness (QED) is 0.383. The molecule has 152 valence electrons. The molecule has 0 aliphatic heterocycles. The van der Waals surface area contributed by atoms with E-state index >= 15 is 0 Å². The van der Waals surface area contributed by atoms with Crippen molar-refractivity contribution in [1.82, 2.24) is 15.3 Å². The lowest BCUT2D eigenvalue weighted by Gasteiger charge is -2.26. The lowest BCUT2D eigenvalue weighted by atomic mass is 9.92. The first-order chi connectivity index (χ1) is 14.6. The first-order valence-corrected chi connectivity index (χ1v) is 11.5. The first kappa shape index (κ1) is 20.4. The summed E-state index contributed by atoms with van der Waals surface area (Å²) < 4.78 is 0. The Kier molecular flexibility index (Phi) is 6.29. The fraction of sp³-hybridized carbons (Fsp3) is 0.240. The van der Waals surface area contributed by atoms with Gasteiger partial charge in [-0.05, 0) is 74.4 Å². The summed E-state index contributed by atoms with van der Waals surface area (Å²) in [4.78, 5) is 10.4. The van der Waals surface area contributed by atoms with Crippen molar-refractivity contribution >= 4 is 23.0 Å². The van der Waals surface area contributed by atoms with Crippen LogP contribution in [-0.4, -0.2) is 28.0 Å². The van der Waals surface area contributed by atoms with E-state index in [1.807, 2.05) is 43.6 Å². The zero-order valence-corrected chi connectivity index (χ0v) is 18.2. The van der Waals surface area contributed by atoms with Crippen LogP contribution in [0.5, 0.6) is 0 Å². The Morgan fingerprint density at radius 1 is 1.13 bits per heavy atom. The van der Waals surface area contributed by atoms with Crippen LogP contribution in [0.25, 0.3) is 16.8 Å². The number of aromatic nitrogens is 2. The molecule has 1 saturated carbocycles. The van der Waals surface area contributed by atoms with E-state index in [2.05, 4.69) is 51.9 Å². The van der Waals surface area contributed by atoms with Gasteiger partial charge >= 0.3 is 0 Å². The van der Waals surface area contributed by atoms with Crippen LogP contribution < -0.4 is 5.32 Å². The summed E-state index contributed by atoms with van der Waals surface area (Å²) in [5.41, 5.74) is 5.78. The first-order valence-electron chi connectivity index (χ1n) is 10.2. The molecule has 4 rings (SSSR count).